The molecule has 1 N–H and O–H groups in total. The molecule has 1 rings (SSSR count). The number of aromatic nitrogens is 1. The Morgan fingerprint density at radius 3 is 2.91 bits per heavy atom. The predicted molar refractivity (Wildman–Crippen MR) is 42.5 cm³/mol. The number of hydrogen-bond acceptors (Lipinski definition) is 3. The van der Waals surface area contributed by atoms with Gasteiger partial charge < -0.3 is 5.21 Å². The Hall–Kier alpha value is -0.640. The van der Waals surface area contributed by atoms with Crippen LogP contribution in [0.2, 0.25) is 5.15 Å². The first kappa shape index (κ1) is 8.46. The summed E-state index contributed by atoms with van der Waals surface area (Å²) in [5.74, 6) is 0. The molecule has 0 spiro atoms. The van der Waals surface area contributed by atoms with Crippen LogP contribution in [0.3, 0.4) is 0 Å². The number of pyridine rings is 1. The molecular formula is C7H9ClN2O. The van der Waals surface area contributed by atoms with E-state index in [1.165, 1.54) is 0 Å². The van der Waals surface area contributed by atoms with Crippen molar-refractivity contribution in [3.63, 3.8) is 0 Å². The lowest BCUT2D eigenvalue weighted by molar-refractivity contribution is -0.0740. The van der Waals surface area contributed by atoms with E-state index in [-0.39, 0.29) is 0 Å². The molecule has 0 aromatic carbocycles. The predicted octanol–water partition coefficient (Wildman–Crippen LogP) is 1.56. The van der Waals surface area contributed by atoms with E-state index in [2.05, 4.69) is 4.98 Å². The Morgan fingerprint density at radius 2 is 2.36 bits per heavy atom. The molecule has 1 aromatic rings. The first-order chi connectivity index (χ1) is 5.18. The smallest absolute Gasteiger partial charge is 0.129 e. The van der Waals surface area contributed by atoms with Crippen LogP contribution in [0.5, 0.6) is 0 Å². The first-order valence-corrected chi connectivity index (χ1v) is 3.58. The molecule has 0 amide bonds. The van der Waals surface area contributed by atoms with Crippen LogP contribution in [0.15, 0.2) is 18.2 Å². The lowest BCUT2D eigenvalue weighted by atomic mass is 10.3. The molecule has 11 heavy (non-hydrogen) atoms. The van der Waals surface area contributed by atoms with E-state index in [0.29, 0.717) is 11.7 Å². The van der Waals surface area contributed by atoms with Crippen molar-refractivity contribution in [3.05, 3.63) is 29.0 Å². The number of halogens is 1. The fourth-order valence-corrected chi connectivity index (χ4v) is 0.954. The van der Waals surface area contributed by atoms with Crippen LogP contribution in [-0.4, -0.2) is 22.3 Å². The van der Waals surface area contributed by atoms with Crippen LogP contribution in [0, 0.1) is 0 Å². The van der Waals surface area contributed by atoms with E-state index in [1.54, 1.807) is 25.2 Å². The molecule has 1 heterocycles. The van der Waals surface area contributed by atoms with Gasteiger partial charge in [-0.05, 0) is 12.1 Å². The van der Waals surface area contributed by atoms with Gasteiger partial charge in [-0.2, -0.15) is 5.06 Å². The zero-order valence-electron chi connectivity index (χ0n) is 6.16. The minimum absolute atomic E-state index is 0.389. The number of rotatable bonds is 2. The van der Waals surface area contributed by atoms with Gasteiger partial charge >= 0.3 is 0 Å². The zero-order chi connectivity index (χ0) is 8.27. The van der Waals surface area contributed by atoms with Gasteiger partial charge in [0.25, 0.3) is 0 Å². The van der Waals surface area contributed by atoms with E-state index in [9.17, 15) is 0 Å². The Kier molecular flexibility index (Phi) is 2.82. The van der Waals surface area contributed by atoms with Gasteiger partial charge in [-0.3, -0.25) is 0 Å². The van der Waals surface area contributed by atoms with Gasteiger partial charge in [-0.25, -0.2) is 4.98 Å². The first-order valence-electron chi connectivity index (χ1n) is 3.20. The second-order valence-corrected chi connectivity index (χ2v) is 2.65. The maximum absolute atomic E-state index is 8.85. The molecule has 0 fully saturated rings. The van der Waals surface area contributed by atoms with Crippen molar-refractivity contribution in [1.29, 1.82) is 0 Å². The largest absolute Gasteiger partial charge is 0.314 e. The molecule has 0 bridgehead atoms. The normalized spacial score (nSPS) is 10.5. The van der Waals surface area contributed by atoms with Crippen LogP contribution in [-0.2, 0) is 6.54 Å². The minimum atomic E-state index is 0.389. The highest BCUT2D eigenvalue weighted by atomic mass is 35.5. The molecule has 0 saturated heterocycles. The Balaban J connectivity index is 2.71. The summed E-state index contributed by atoms with van der Waals surface area (Å²) in [5, 5.41) is 10.3. The van der Waals surface area contributed by atoms with Gasteiger partial charge in [0.15, 0.2) is 0 Å². The van der Waals surface area contributed by atoms with Crippen molar-refractivity contribution in [3.8, 4) is 0 Å². The third-order valence-electron chi connectivity index (χ3n) is 1.16. The second kappa shape index (κ2) is 3.67. The average molecular weight is 173 g/mol. The topological polar surface area (TPSA) is 36.4 Å². The van der Waals surface area contributed by atoms with Gasteiger partial charge in [0.1, 0.15) is 5.15 Å². The van der Waals surface area contributed by atoms with Gasteiger partial charge in [-0.1, -0.05) is 17.7 Å². The van der Waals surface area contributed by atoms with Crippen molar-refractivity contribution in [2.24, 2.45) is 0 Å². The molecule has 0 aliphatic carbocycles. The van der Waals surface area contributed by atoms with E-state index in [4.69, 9.17) is 16.8 Å². The van der Waals surface area contributed by atoms with Crippen molar-refractivity contribution >= 4 is 11.6 Å². The van der Waals surface area contributed by atoms with Gasteiger partial charge in [-0.15, -0.1) is 0 Å². The molecular weight excluding hydrogens is 164 g/mol. The quantitative estimate of drug-likeness (QED) is 0.543. The van der Waals surface area contributed by atoms with Crippen LogP contribution in [0.25, 0.3) is 0 Å². The van der Waals surface area contributed by atoms with Gasteiger partial charge in [0.2, 0.25) is 0 Å². The molecule has 0 saturated carbocycles. The third kappa shape index (κ3) is 2.84. The Morgan fingerprint density at radius 1 is 1.64 bits per heavy atom. The highest BCUT2D eigenvalue weighted by Crippen LogP contribution is 2.05. The molecule has 0 unspecified atom stereocenters. The molecule has 0 radical (unpaired) electrons. The fourth-order valence-electron chi connectivity index (χ4n) is 0.773. The van der Waals surface area contributed by atoms with E-state index < -0.39 is 0 Å². The second-order valence-electron chi connectivity index (χ2n) is 2.27. The van der Waals surface area contributed by atoms with Crippen molar-refractivity contribution in [1.82, 2.24) is 10.0 Å². The fraction of sp³-hybridized carbons (Fsp3) is 0.286. The third-order valence-corrected chi connectivity index (χ3v) is 1.37. The summed E-state index contributed by atoms with van der Waals surface area (Å²) in [7, 11) is 1.56. The summed E-state index contributed by atoms with van der Waals surface area (Å²) >= 11 is 5.62. The van der Waals surface area contributed by atoms with Crippen LogP contribution in [0.4, 0.5) is 0 Å². The number of hydrogen-bond donors (Lipinski definition) is 1. The summed E-state index contributed by atoms with van der Waals surface area (Å²) in [4.78, 5) is 3.98. The van der Waals surface area contributed by atoms with Crippen molar-refractivity contribution < 1.29 is 5.21 Å². The SMILES string of the molecule is CN(O)Cc1cccc(Cl)n1. The molecule has 0 aliphatic heterocycles. The van der Waals surface area contributed by atoms with Gasteiger partial charge in [0.05, 0.1) is 12.2 Å². The minimum Gasteiger partial charge on any atom is -0.314 e. The van der Waals surface area contributed by atoms with E-state index in [1.807, 2.05) is 0 Å². The lowest BCUT2D eigenvalue weighted by Crippen LogP contribution is -2.12. The Bertz CT molecular complexity index is 240. The van der Waals surface area contributed by atoms with E-state index in [0.717, 1.165) is 10.8 Å². The summed E-state index contributed by atoms with van der Waals surface area (Å²) in [6, 6.07) is 5.30. The van der Waals surface area contributed by atoms with Crippen molar-refractivity contribution in [2.45, 2.75) is 6.54 Å². The van der Waals surface area contributed by atoms with Crippen LogP contribution >= 0.6 is 11.6 Å². The highest BCUT2D eigenvalue weighted by molar-refractivity contribution is 6.29. The van der Waals surface area contributed by atoms with E-state index >= 15 is 0 Å². The standard InChI is InChI=1S/C7H9ClN2O/c1-10(11)5-6-3-2-4-7(8)9-6/h2-4,11H,5H2,1H3. The number of nitrogens with zero attached hydrogens (tertiary/aromatic N) is 2. The average Bonchev–Trinajstić information content (AvgIpc) is 1.85. The van der Waals surface area contributed by atoms with Gasteiger partial charge in [0, 0.05) is 7.05 Å². The maximum atomic E-state index is 8.85. The molecule has 1 aromatic heterocycles. The van der Waals surface area contributed by atoms with Crippen molar-refractivity contribution in [2.75, 3.05) is 7.05 Å². The number of hydroxylamine groups is 2. The van der Waals surface area contributed by atoms with Crippen LogP contribution < -0.4 is 0 Å². The van der Waals surface area contributed by atoms with Crippen LogP contribution in [0.1, 0.15) is 5.69 Å². The Labute approximate surface area is 70.2 Å². The summed E-state index contributed by atoms with van der Waals surface area (Å²) in [6.45, 7) is 0.389. The molecule has 0 atom stereocenters. The molecule has 60 valence electrons. The lowest BCUT2D eigenvalue weighted by Gasteiger charge is -2.06. The summed E-state index contributed by atoms with van der Waals surface area (Å²) in [5.41, 5.74) is 0.752. The maximum Gasteiger partial charge on any atom is 0.129 e. The monoisotopic (exact) mass is 172 g/mol. The molecule has 3 nitrogen and oxygen atoms in total. The molecule has 0 aliphatic rings. The summed E-state index contributed by atoms with van der Waals surface area (Å²) in [6.07, 6.45) is 0. The zero-order valence-corrected chi connectivity index (χ0v) is 6.91. The summed E-state index contributed by atoms with van der Waals surface area (Å²) < 4.78 is 0. The molecule has 4 heteroatoms. The highest BCUT2D eigenvalue weighted by Gasteiger charge is 1.97.